The summed E-state index contributed by atoms with van der Waals surface area (Å²) < 4.78 is 0. The number of nitrogens with one attached hydrogen (secondary N) is 1. The fourth-order valence-corrected chi connectivity index (χ4v) is 3.35. The first-order valence-corrected chi connectivity index (χ1v) is 8.52. The van der Waals surface area contributed by atoms with Gasteiger partial charge < -0.3 is 5.32 Å². The normalized spacial score (nSPS) is 10.4. The van der Waals surface area contributed by atoms with Crippen LogP contribution in [0.5, 0.6) is 0 Å². The molecule has 3 aromatic rings. The molecule has 0 saturated carbocycles. The second kappa shape index (κ2) is 7.42. The Kier molecular flexibility index (Phi) is 5.06. The molecule has 0 radical (unpaired) electrons. The van der Waals surface area contributed by atoms with Crippen LogP contribution >= 0.6 is 22.9 Å². The molecule has 0 unspecified atom stereocenters. The fraction of sp³-hybridized carbons (Fsp3) is 0.0588. The number of hydrogen-bond acceptors (Lipinski definition) is 5. The largest absolute Gasteiger partial charge is 0.325 e. The Bertz CT molecular complexity index is 942. The average molecular weight is 374 g/mol. The number of rotatable bonds is 5. The van der Waals surface area contributed by atoms with Crippen molar-refractivity contribution < 1.29 is 9.72 Å². The van der Waals surface area contributed by atoms with E-state index in [-0.39, 0.29) is 18.0 Å². The molecule has 0 aliphatic carbocycles. The van der Waals surface area contributed by atoms with Gasteiger partial charge in [-0.05, 0) is 12.1 Å². The maximum Gasteiger partial charge on any atom is 0.271 e. The van der Waals surface area contributed by atoms with Gasteiger partial charge in [-0.25, -0.2) is 4.98 Å². The third kappa shape index (κ3) is 4.20. The number of halogens is 1. The van der Waals surface area contributed by atoms with Crippen LogP contribution in [0.15, 0.2) is 53.9 Å². The first-order chi connectivity index (χ1) is 12.0. The van der Waals surface area contributed by atoms with Crippen molar-refractivity contribution in [2.75, 3.05) is 5.32 Å². The highest BCUT2D eigenvalue weighted by Gasteiger charge is 2.12. The Morgan fingerprint density at radius 1 is 1.24 bits per heavy atom. The number of carbonyl (C=O) groups is 1. The molecule has 0 fully saturated rings. The molecule has 1 aromatic heterocycles. The summed E-state index contributed by atoms with van der Waals surface area (Å²) in [5.74, 6) is -0.295. The highest BCUT2D eigenvalue weighted by molar-refractivity contribution is 7.13. The van der Waals surface area contributed by atoms with Crippen LogP contribution in [0.4, 0.5) is 11.4 Å². The molecule has 0 aliphatic heterocycles. The van der Waals surface area contributed by atoms with E-state index in [4.69, 9.17) is 11.6 Å². The number of aromatic nitrogens is 1. The van der Waals surface area contributed by atoms with Gasteiger partial charge in [0, 0.05) is 28.8 Å². The number of anilines is 1. The van der Waals surface area contributed by atoms with Crippen LogP contribution in [0.1, 0.15) is 5.69 Å². The van der Waals surface area contributed by atoms with E-state index in [2.05, 4.69) is 10.3 Å². The zero-order chi connectivity index (χ0) is 17.8. The molecular weight excluding hydrogens is 362 g/mol. The Labute approximate surface area is 152 Å². The average Bonchev–Trinajstić information content (AvgIpc) is 3.03. The highest BCUT2D eigenvalue weighted by Crippen LogP contribution is 2.30. The van der Waals surface area contributed by atoms with Gasteiger partial charge in [-0.2, -0.15) is 0 Å². The van der Waals surface area contributed by atoms with Crippen LogP contribution in [-0.4, -0.2) is 15.8 Å². The number of nitro benzene ring substituents is 1. The van der Waals surface area contributed by atoms with E-state index < -0.39 is 4.92 Å². The van der Waals surface area contributed by atoms with Gasteiger partial charge in [-0.15, -0.1) is 11.3 Å². The minimum atomic E-state index is -0.508. The fourth-order valence-electron chi connectivity index (χ4n) is 2.21. The SMILES string of the molecule is O=C(Cc1csc(-c2ccccc2Cl)n1)Nc1cccc([N+](=O)[O-])c1. The van der Waals surface area contributed by atoms with Crippen molar-refractivity contribution in [2.45, 2.75) is 6.42 Å². The van der Waals surface area contributed by atoms with Crippen LogP contribution in [0, 0.1) is 10.1 Å². The zero-order valence-corrected chi connectivity index (χ0v) is 14.4. The lowest BCUT2D eigenvalue weighted by Gasteiger charge is -2.03. The van der Waals surface area contributed by atoms with Gasteiger partial charge in [-0.3, -0.25) is 14.9 Å². The molecule has 1 heterocycles. The predicted molar refractivity (Wildman–Crippen MR) is 98.0 cm³/mol. The molecular formula is C17H12ClN3O3S. The molecule has 0 spiro atoms. The zero-order valence-electron chi connectivity index (χ0n) is 12.8. The van der Waals surface area contributed by atoms with Gasteiger partial charge in [-0.1, -0.05) is 35.9 Å². The quantitative estimate of drug-likeness (QED) is 0.525. The van der Waals surface area contributed by atoms with E-state index in [0.29, 0.717) is 16.4 Å². The number of nitrogens with zero attached hydrogens (tertiary/aromatic N) is 2. The van der Waals surface area contributed by atoms with Crippen LogP contribution in [-0.2, 0) is 11.2 Å². The first kappa shape index (κ1) is 17.1. The van der Waals surface area contributed by atoms with E-state index in [1.807, 2.05) is 18.2 Å². The van der Waals surface area contributed by atoms with Gasteiger partial charge in [0.15, 0.2) is 0 Å². The van der Waals surface area contributed by atoms with Gasteiger partial charge in [0.05, 0.1) is 22.1 Å². The number of non-ortho nitro benzene ring substituents is 1. The molecule has 8 heteroatoms. The summed E-state index contributed by atoms with van der Waals surface area (Å²) >= 11 is 7.56. The van der Waals surface area contributed by atoms with Crippen molar-refractivity contribution >= 4 is 40.2 Å². The summed E-state index contributed by atoms with van der Waals surface area (Å²) in [6.45, 7) is 0. The minimum Gasteiger partial charge on any atom is -0.325 e. The van der Waals surface area contributed by atoms with Crippen molar-refractivity contribution in [1.29, 1.82) is 0 Å². The Hall–Kier alpha value is -2.77. The van der Waals surface area contributed by atoms with Crippen molar-refractivity contribution in [2.24, 2.45) is 0 Å². The number of carbonyl (C=O) groups excluding carboxylic acids is 1. The number of hydrogen-bond donors (Lipinski definition) is 1. The third-order valence-electron chi connectivity index (χ3n) is 3.34. The van der Waals surface area contributed by atoms with Gasteiger partial charge in [0.1, 0.15) is 5.01 Å². The molecule has 2 aromatic carbocycles. The predicted octanol–water partition coefficient (Wildman–Crippen LogP) is 4.55. The van der Waals surface area contributed by atoms with Crippen LogP contribution in [0.25, 0.3) is 10.6 Å². The molecule has 0 saturated heterocycles. The van der Waals surface area contributed by atoms with E-state index in [9.17, 15) is 14.9 Å². The van der Waals surface area contributed by atoms with Gasteiger partial charge in [0.2, 0.25) is 5.91 Å². The molecule has 0 atom stereocenters. The summed E-state index contributed by atoms with van der Waals surface area (Å²) in [6.07, 6.45) is 0.0731. The van der Waals surface area contributed by atoms with Gasteiger partial charge in [0.25, 0.3) is 5.69 Å². The van der Waals surface area contributed by atoms with E-state index >= 15 is 0 Å². The van der Waals surface area contributed by atoms with Gasteiger partial charge >= 0.3 is 0 Å². The lowest BCUT2D eigenvalue weighted by atomic mass is 10.2. The topological polar surface area (TPSA) is 85.1 Å². The lowest BCUT2D eigenvalue weighted by molar-refractivity contribution is -0.384. The Balaban J connectivity index is 1.69. The monoisotopic (exact) mass is 373 g/mol. The molecule has 0 bridgehead atoms. The molecule has 1 amide bonds. The van der Waals surface area contributed by atoms with Crippen molar-refractivity contribution in [3.05, 3.63) is 74.7 Å². The van der Waals surface area contributed by atoms with Crippen molar-refractivity contribution in [3.63, 3.8) is 0 Å². The molecule has 1 N–H and O–H groups in total. The number of benzene rings is 2. The second-order valence-electron chi connectivity index (χ2n) is 5.16. The summed E-state index contributed by atoms with van der Waals surface area (Å²) in [5, 5.41) is 16.5. The minimum absolute atomic E-state index is 0.0731. The number of thiazole rings is 1. The molecule has 25 heavy (non-hydrogen) atoms. The summed E-state index contributed by atoms with van der Waals surface area (Å²) in [6, 6.07) is 13.2. The van der Waals surface area contributed by atoms with E-state index in [1.165, 1.54) is 29.5 Å². The van der Waals surface area contributed by atoms with Crippen LogP contribution in [0.2, 0.25) is 5.02 Å². The summed E-state index contributed by atoms with van der Waals surface area (Å²) in [5.41, 5.74) is 1.73. The molecule has 6 nitrogen and oxygen atoms in total. The molecule has 3 rings (SSSR count). The van der Waals surface area contributed by atoms with Crippen molar-refractivity contribution in [1.82, 2.24) is 4.98 Å². The maximum atomic E-state index is 12.1. The smallest absolute Gasteiger partial charge is 0.271 e. The maximum absolute atomic E-state index is 12.1. The second-order valence-corrected chi connectivity index (χ2v) is 6.42. The van der Waals surface area contributed by atoms with Crippen molar-refractivity contribution in [3.8, 4) is 10.6 Å². The Morgan fingerprint density at radius 2 is 2.04 bits per heavy atom. The third-order valence-corrected chi connectivity index (χ3v) is 4.59. The molecule has 126 valence electrons. The lowest BCUT2D eigenvalue weighted by Crippen LogP contribution is -2.14. The van der Waals surface area contributed by atoms with Crippen LogP contribution in [0.3, 0.4) is 0 Å². The van der Waals surface area contributed by atoms with E-state index in [1.54, 1.807) is 17.5 Å². The highest BCUT2D eigenvalue weighted by atomic mass is 35.5. The molecule has 0 aliphatic rings. The standard InChI is InChI=1S/C17H12ClN3O3S/c18-15-7-2-1-6-14(15)17-20-12(10-25-17)9-16(22)19-11-4-3-5-13(8-11)21(23)24/h1-8,10H,9H2,(H,19,22). The number of amides is 1. The number of nitro groups is 1. The van der Waals surface area contributed by atoms with E-state index in [0.717, 1.165) is 10.6 Å². The Morgan fingerprint density at radius 3 is 2.80 bits per heavy atom. The summed E-state index contributed by atoms with van der Waals surface area (Å²) in [7, 11) is 0. The first-order valence-electron chi connectivity index (χ1n) is 7.26. The summed E-state index contributed by atoms with van der Waals surface area (Å²) in [4.78, 5) is 26.8. The van der Waals surface area contributed by atoms with Crippen LogP contribution < -0.4 is 5.32 Å².